The molecular formula is C17H17N3O2. The normalized spacial score (nSPS) is 10.5. The predicted molar refractivity (Wildman–Crippen MR) is 86.7 cm³/mol. The molecule has 112 valence electrons. The minimum atomic E-state index is -0.810. The number of hydrogen-bond donors (Lipinski definition) is 2. The van der Waals surface area contributed by atoms with Crippen LogP contribution < -0.4 is 10.7 Å². The molecule has 5 heteroatoms. The van der Waals surface area contributed by atoms with Crippen LogP contribution in [0.1, 0.15) is 16.7 Å². The predicted octanol–water partition coefficient (Wildman–Crippen LogP) is 2.39. The van der Waals surface area contributed by atoms with Gasteiger partial charge in [-0.3, -0.25) is 9.59 Å². The molecule has 0 radical (unpaired) electrons. The lowest BCUT2D eigenvalue weighted by molar-refractivity contribution is -0.136. The summed E-state index contributed by atoms with van der Waals surface area (Å²) in [6, 6.07) is 14.9. The fourth-order valence-electron chi connectivity index (χ4n) is 1.94. The summed E-state index contributed by atoms with van der Waals surface area (Å²) in [7, 11) is 0. The average Bonchev–Trinajstić information content (AvgIpc) is 2.52. The first-order valence-corrected chi connectivity index (χ1v) is 6.83. The van der Waals surface area contributed by atoms with Crippen molar-refractivity contribution in [2.75, 3.05) is 5.32 Å². The van der Waals surface area contributed by atoms with Crippen molar-refractivity contribution < 1.29 is 9.59 Å². The van der Waals surface area contributed by atoms with E-state index in [2.05, 4.69) is 15.8 Å². The van der Waals surface area contributed by atoms with Crippen LogP contribution in [0, 0.1) is 13.8 Å². The van der Waals surface area contributed by atoms with Crippen LogP contribution in [-0.4, -0.2) is 18.0 Å². The molecule has 0 saturated heterocycles. The number of anilines is 1. The van der Waals surface area contributed by atoms with Crippen molar-refractivity contribution >= 4 is 23.7 Å². The lowest BCUT2D eigenvalue weighted by Gasteiger charge is -2.10. The highest BCUT2D eigenvalue weighted by Gasteiger charge is 2.14. The molecule has 2 N–H and O–H groups in total. The zero-order chi connectivity index (χ0) is 15.9. The van der Waals surface area contributed by atoms with E-state index in [1.54, 1.807) is 0 Å². The summed E-state index contributed by atoms with van der Waals surface area (Å²) in [5.74, 6) is -1.56. The van der Waals surface area contributed by atoms with Crippen LogP contribution in [0.25, 0.3) is 0 Å². The summed E-state index contributed by atoms with van der Waals surface area (Å²) in [5, 5.41) is 6.37. The van der Waals surface area contributed by atoms with Crippen LogP contribution in [0.3, 0.4) is 0 Å². The van der Waals surface area contributed by atoms with Gasteiger partial charge < -0.3 is 5.32 Å². The summed E-state index contributed by atoms with van der Waals surface area (Å²) in [6.07, 6.45) is 1.48. The van der Waals surface area contributed by atoms with Gasteiger partial charge >= 0.3 is 11.8 Å². The molecule has 0 aliphatic carbocycles. The zero-order valence-electron chi connectivity index (χ0n) is 12.5. The van der Waals surface area contributed by atoms with Gasteiger partial charge in [-0.15, -0.1) is 0 Å². The number of benzene rings is 2. The number of aryl methyl sites for hydroxylation is 2. The lowest BCUT2D eigenvalue weighted by atomic mass is 10.1. The molecular weight excluding hydrogens is 278 g/mol. The summed E-state index contributed by atoms with van der Waals surface area (Å²) in [5.41, 5.74) is 5.48. The van der Waals surface area contributed by atoms with Crippen LogP contribution in [0.2, 0.25) is 0 Å². The number of hydrazone groups is 1. The van der Waals surface area contributed by atoms with Gasteiger partial charge in [0.1, 0.15) is 0 Å². The highest BCUT2D eigenvalue weighted by Crippen LogP contribution is 2.19. The molecule has 0 aliphatic heterocycles. The van der Waals surface area contributed by atoms with Gasteiger partial charge in [0.15, 0.2) is 0 Å². The van der Waals surface area contributed by atoms with E-state index in [9.17, 15) is 9.59 Å². The SMILES string of the molecule is Cc1cccc(C)c1NC(=O)C(=O)NN=Cc1ccccc1. The van der Waals surface area contributed by atoms with Gasteiger partial charge in [-0.05, 0) is 30.5 Å². The van der Waals surface area contributed by atoms with E-state index >= 15 is 0 Å². The van der Waals surface area contributed by atoms with E-state index in [1.807, 2.05) is 62.4 Å². The monoisotopic (exact) mass is 295 g/mol. The summed E-state index contributed by atoms with van der Waals surface area (Å²) >= 11 is 0. The molecule has 0 spiro atoms. The number of hydrogen-bond acceptors (Lipinski definition) is 3. The molecule has 2 rings (SSSR count). The Morgan fingerprint density at radius 3 is 2.18 bits per heavy atom. The Morgan fingerprint density at radius 1 is 0.909 bits per heavy atom. The quantitative estimate of drug-likeness (QED) is 0.518. The third kappa shape index (κ3) is 4.02. The highest BCUT2D eigenvalue weighted by atomic mass is 16.2. The number of rotatable bonds is 3. The molecule has 0 aliphatic rings. The smallest absolute Gasteiger partial charge is 0.317 e. The number of carbonyl (C=O) groups excluding carboxylic acids is 2. The molecule has 0 unspecified atom stereocenters. The van der Waals surface area contributed by atoms with E-state index in [-0.39, 0.29) is 0 Å². The van der Waals surface area contributed by atoms with Gasteiger partial charge in [-0.2, -0.15) is 5.10 Å². The third-order valence-electron chi connectivity index (χ3n) is 3.11. The topological polar surface area (TPSA) is 70.6 Å². The summed E-state index contributed by atoms with van der Waals surface area (Å²) < 4.78 is 0. The van der Waals surface area contributed by atoms with E-state index in [0.29, 0.717) is 5.69 Å². The lowest BCUT2D eigenvalue weighted by Crippen LogP contribution is -2.32. The van der Waals surface area contributed by atoms with Crippen LogP contribution in [0.4, 0.5) is 5.69 Å². The van der Waals surface area contributed by atoms with Crippen LogP contribution >= 0.6 is 0 Å². The minimum absolute atomic E-state index is 0.648. The van der Waals surface area contributed by atoms with Crippen molar-refractivity contribution in [2.24, 2.45) is 5.10 Å². The molecule has 0 fully saturated rings. The highest BCUT2D eigenvalue weighted by molar-refractivity contribution is 6.39. The van der Waals surface area contributed by atoms with Crippen LogP contribution in [0.15, 0.2) is 53.6 Å². The Morgan fingerprint density at radius 2 is 1.55 bits per heavy atom. The average molecular weight is 295 g/mol. The van der Waals surface area contributed by atoms with E-state index in [4.69, 9.17) is 0 Å². The molecule has 0 atom stereocenters. The summed E-state index contributed by atoms with van der Waals surface area (Å²) in [6.45, 7) is 3.74. The van der Waals surface area contributed by atoms with Gasteiger partial charge in [0.2, 0.25) is 0 Å². The van der Waals surface area contributed by atoms with Crippen molar-refractivity contribution in [2.45, 2.75) is 13.8 Å². The molecule has 0 saturated carbocycles. The summed E-state index contributed by atoms with van der Waals surface area (Å²) in [4.78, 5) is 23.6. The molecule has 22 heavy (non-hydrogen) atoms. The second-order valence-corrected chi connectivity index (χ2v) is 4.83. The van der Waals surface area contributed by atoms with Crippen LogP contribution in [0.5, 0.6) is 0 Å². The van der Waals surface area contributed by atoms with E-state index in [1.165, 1.54) is 6.21 Å². The first-order chi connectivity index (χ1) is 10.6. The molecule has 0 heterocycles. The Hall–Kier alpha value is -2.95. The fourth-order valence-corrected chi connectivity index (χ4v) is 1.94. The zero-order valence-corrected chi connectivity index (χ0v) is 12.5. The molecule has 2 amide bonds. The van der Waals surface area contributed by atoms with Gasteiger partial charge in [-0.25, -0.2) is 5.43 Å². The maximum absolute atomic E-state index is 11.9. The fraction of sp³-hybridized carbons (Fsp3) is 0.118. The number of nitrogens with one attached hydrogen (secondary N) is 2. The van der Waals surface area contributed by atoms with Gasteiger partial charge in [-0.1, -0.05) is 48.5 Å². The maximum atomic E-state index is 11.9. The van der Waals surface area contributed by atoms with E-state index < -0.39 is 11.8 Å². The molecule has 0 aromatic heterocycles. The number of carbonyl (C=O) groups is 2. The van der Waals surface area contributed by atoms with Crippen LogP contribution in [-0.2, 0) is 9.59 Å². The van der Waals surface area contributed by atoms with Gasteiger partial charge in [0.05, 0.1) is 6.21 Å². The van der Waals surface area contributed by atoms with Crippen molar-refractivity contribution in [1.29, 1.82) is 0 Å². The largest absolute Gasteiger partial charge is 0.329 e. The Bertz CT molecular complexity index is 689. The molecule has 5 nitrogen and oxygen atoms in total. The van der Waals surface area contributed by atoms with Crippen molar-refractivity contribution in [1.82, 2.24) is 5.43 Å². The second kappa shape index (κ2) is 7.17. The Labute approximate surface area is 129 Å². The van der Waals surface area contributed by atoms with E-state index in [0.717, 1.165) is 16.7 Å². The standard InChI is InChI=1S/C17H17N3O2/c1-12-7-6-8-13(2)15(12)19-16(21)17(22)20-18-11-14-9-4-3-5-10-14/h3-11H,1-2H3,(H,19,21)(H,20,22). The van der Waals surface area contributed by atoms with Crippen molar-refractivity contribution in [3.8, 4) is 0 Å². The molecule has 0 bridgehead atoms. The molecule has 2 aromatic rings. The van der Waals surface area contributed by atoms with Gasteiger partial charge in [0, 0.05) is 5.69 Å². The Kier molecular flexibility index (Phi) is 5.03. The second-order valence-electron chi connectivity index (χ2n) is 4.83. The maximum Gasteiger partial charge on any atom is 0.329 e. The Balaban J connectivity index is 1.95. The van der Waals surface area contributed by atoms with Gasteiger partial charge in [0.25, 0.3) is 0 Å². The first kappa shape index (κ1) is 15.4. The van der Waals surface area contributed by atoms with Crippen molar-refractivity contribution in [3.05, 3.63) is 65.2 Å². The number of para-hydroxylation sites is 1. The minimum Gasteiger partial charge on any atom is -0.317 e. The number of amides is 2. The first-order valence-electron chi connectivity index (χ1n) is 6.83. The number of nitrogens with zero attached hydrogens (tertiary/aromatic N) is 1. The molecule has 2 aromatic carbocycles. The van der Waals surface area contributed by atoms with Crippen molar-refractivity contribution in [3.63, 3.8) is 0 Å². The third-order valence-corrected chi connectivity index (χ3v) is 3.11.